The number of aryl methyl sites for hydroxylation is 3. The molecule has 0 unspecified atom stereocenters. The molecule has 0 saturated carbocycles. The average Bonchev–Trinajstić information content (AvgIpc) is 2.91. The van der Waals surface area contributed by atoms with Crippen molar-refractivity contribution in [1.82, 2.24) is 0 Å². The average molecular weight is 489 g/mol. The van der Waals surface area contributed by atoms with E-state index in [0.29, 0.717) is 0 Å². The van der Waals surface area contributed by atoms with Crippen LogP contribution in [0.3, 0.4) is 0 Å². The molecule has 36 heavy (non-hydrogen) atoms. The summed E-state index contributed by atoms with van der Waals surface area (Å²) in [5.41, 5.74) is 5.83. The second-order valence-electron chi connectivity index (χ2n) is 9.05. The standard InChI is InChI=1S/C32H40O4/c1-25-9-11-26(12-10-25)13-17-28-23-32(35-4)29(24-31(28)34-3)18-14-27-15-19-30(20-16-27)36-22-8-6-5-7-21-33-2/h9-12,14-16,18-20,23-24H,5-8,13,17,21-22H2,1-4H3/b18-14+. The van der Waals surface area contributed by atoms with E-state index in [9.17, 15) is 0 Å². The Kier molecular flexibility index (Phi) is 11.4. The van der Waals surface area contributed by atoms with Crippen molar-refractivity contribution in [2.24, 2.45) is 0 Å². The van der Waals surface area contributed by atoms with Gasteiger partial charge in [0.15, 0.2) is 0 Å². The zero-order valence-corrected chi connectivity index (χ0v) is 22.2. The molecule has 0 atom stereocenters. The third-order valence-electron chi connectivity index (χ3n) is 6.28. The molecular weight excluding hydrogens is 448 g/mol. The van der Waals surface area contributed by atoms with E-state index in [1.807, 2.05) is 12.1 Å². The van der Waals surface area contributed by atoms with Crippen molar-refractivity contribution in [3.05, 3.63) is 88.5 Å². The van der Waals surface area contributed by atoms with Gasteiger partial charge in [-0.05, 0) is 80.0 Å². The number of methoxy groups -OCH3 is 3. The van der Waals surface area contributed by atoms with E-state index in [1.165, 1.54) is 24.0 Å². The normalized spacial score (nSPS) is 11.1. The molecule has 192 valence electrons. The van der Waals surface area contributed by atoms with Gasteiger partial charge in [-0.25, -0.2) is 0 Å². The Balaban J connectivity index is 1.58. The second kappa shape index (κ2) is 15.0. The highest BCUT2D eigenvalue weighted by atomic mass is 16.5. The highest BCUT2D eigenvalue weighted by Crippen LogP contribution is 2.31. The quantitative estimate of drug-likeness (QED) is 0.163. The maximum atomic E-state index is 5.88. The van der Waals surface area contributed by atoms with Crippen LogP contribution >= 0.6 is 0 Å². The lowest BCUT2D eigenvalue weighted by atomic mass is 10.00. The maximum Gasteiger partial charge on any atom is 0.126 e. The number of ether oxygens (including phenoxy) is 4. The predicted octanol–water partition coefficient (Wildman–Crippen LogP) is 7.55. The first-order valence-electron chi connectivity index (χ1n) is 12.8. The van der Waals surface area contributed by atoms with Gasteiger partial charge in [-0.1, -0.05) is 60.5 Å². The van der Waals surface area contributed by atoms with Gasteiger partial charge >= 0.3 is 0 Å². The number of rotatable bonds is 15. The monoisotopic (exact) mass is 488 g/mol. The summed E-state index contributed by atoms with van der Waals surface area (Å²) in [5, 5.41) is 0. The summed E-state index contributed by atoms with van der Waals surface area (Å²) < 4.78 is 22.4. The molecule has 3 aromatic carbocycles. The Morgan fingerprint density at radius 3 is 2.03 bits per heavy atom. The summed E-state index contributed by atoms with van der Waals surface area (Å²) in [6, 6.07) is 21.1. The number of hydrogen-bond acceptors (Lipinski definition) is 4. The highest BCUT2D eigenvalue weighted by molar-refractivity contribution is 5.74. The lowest BCUT2D eigenvalue weighted by Gasteiger charge is -2.14. The molecular formula is C32H40O4. The Bertz CT molecular complexity index is 1070. The fourth-order valence-corrected chi connectivity index (χ4v) is 4.10. The van der Waals surface area contributed by atoms with Crippen LogP contribution in [0, 0.1) is 6.92 Å². The van der Waals surface area contributed by atoms with Gasteiger partial charge in [0.25, 0.3) is 0 Å². The van der Waals surface area contributed by atoms with Gasteiger partial charge in [0, 0.05) is 19.3 Å². The van der Waals surface area contributed by atoms with Crippen LogP contribution in [-0.2, 0) is 17.6 Å². The first-order valence-corrected chi connectivity index (χ1v) is 12.8. The molecule has 0 aromatic heterocycles. The van der Waals surface area contributed by atoms with Crippen LogP contribution in [0.4, 0.5) is 0 Å². The van der Waals surface area contributed by atoms with Crippen molar-refractivity contribution < 1.29 is 18.9 Å². The van der Waals surface area contributed by atoms with Gasteiger partial charge in [0.2, 0.25) is 0 Å². The molecule has 0 amide bonds. The Hall–Kier alpha value is -3.24. The van der Waals surface area contributed by atoms with Crippen LogP contribution in [-0.4, -0.2) is 34.5 Å². The molecule has 3 rings (SSSR count). The summed E-state index contributed by atoms with van der Waals surface area (Å²) in [5.74, 6) is 2.63. The minimum atomic E-state index is 0.745. The molecule has 4 heteroatoms. The van der Waals surface area contributed by atoms with Crippen molar-refractivity contribution in [1.29, 1.82) is 0 Å². The van der Waals surface area contributed by atoms with Crippen molar-refractivity contribution in [2.45, 2.75) is 45.4 Å². The minimum absolute atomic E-state index is 0.745. The Morgan fingerprint density at radius 2 is 1.36 bits per heavy atom. The predicted molar refractivity (Wildman–Crippen MR) is 149 cm³/mol. The summed E-state index contributed by atoms with van der Waals surface area (Å²) >= 11 is 0. The molecule has 0 aliphatic rings. The molecule has 0 bridgehead atoms. The van der Waals surface area contributed by atoms with Gasteiger partial charge in [-0.15, -0.1) is 0 Å². The zero-order valence-electron chi connectivity index (χ0n) is 22.2. The zero-order chi connectivity index (χ0) is 25.6. The molecule has 0 heterocycles. The summed E-state index contributed by atoms with van der Waals surface area (Å²) in [7, 11) is 5.19. The summed E-state index contributed by atoms with van der Waals surface area (Å²) in [6.07, 6.45) is 10.5. The molecule has 0 aliphatic heterocycles. The summed E-state index contributed by atoms with van der Waals surface area (Å²) in [4.78, 5) is 0. The number of unbranched alkanes of at least 4 members (excludes halogenated alkanes) is 3. The molecule has 4 nitrogen and oxygen atoms in total. The Morgan fingerprint density at radius 1 is 0.667 bits per heavy atom. The summed E-state index contributed by atoms with van der Waals surface area (Å²) in [6.45, 7) is 3.70. The molecule has 0 spiro atoms. The number of hydrogen-bond donors (Lipinski definition) is 0. The molecule has 3 aromatic rings. The second-order valence-corrected chi connectivity index (χ2v) is 9.05. The van der Waals surface area contributed by atoms with E-state index < -0.39 is 0 Å². The largest absolute Gasteiger partial charge is 0.496 e. The van der Waals surface area contributed by atoms with Gasteiger partial charge in [0.05, 0.1) is 20.8 Å². The van der Waals surface area contributed by atoms with Crippen LogP contribution in [0.2, 0.25) is 0 Å². The van der Waals surface area contributed by atoms with E-state index in [0.717, 1.165) is 72.8 Å². The third-order valence-corrected chi connectivity index (χ3v) is 6.28. The SMILES string of the molecule is COCCCCCCOc1ccc(/C=C/c2cc(OC)c(CCc3ccc(C)cc3)cc2OC)cc1. The molecule has 0 N–H and O–H groups in total. The third kappa shape index (κ3) is 8.76. The van der Waals surface area contributed by atoms with Gasteiger partial charge in [-0.2, -0.15) is 0 Å². The van der Waals surface area contributed by atoms with Crippen molar-refractivity contribution >= 4 is 12.2 Å². The van der Waals surface area contributed by atoms with Crippen LogP contribution in [0.25, 0.3) is 12.2 Å². The van der Waals surface area contributed by atoms with Crippen LogP contribution < -0.4 is 14.2 Å². The fraction of sp³-hybridized carbons (Fsp3) is 0.375. The van der Waals surface area contributed by atoms with Crippen LogP contribution in [0.5, 0.6) is 17.2 Å². The molecule has 0 radical (unpaired) electrons. The van der Waals surface area contributed by atoms with Gasteiger partial charge in [-0.3, -0.25) is 0 Å². The van der Waals surface area contributed by atoms with Crippen molar-refractivity contribution in [3.8, 4) is 17.2 Å². The smallest absolute Gasteiger partial charge is 0.126 e. The minimum Gasteiger partial charge on any atom is -0.496 e. The molecule has 0 aliphatic carbocycles. The topological polar surface area (TPSA) is 36.9 Å². The molecule has 0 saturated heterocycles. The number of benzene rings is 3. The van der Waals surface area contributed by atoms with E-state index >= 15 is 0 Å². The van der Waals surface area contributed by atoms with Crippen molar-refractivity contribution in [3.63, 3.8) is 0 Å². The lowest BCUT2D eigenvalue weighted by molar-refractivity contribution is 0.191. The first kappa shape index (κ1) is 27.3. The maximum absolute atomic E-state index is 5.88. The van der Waals surface area contributed by atoms with E-state index in [-0.39, 0.29) is 0 Å². The fourth-order valence-electron chi connectivity index (χ4n) is 4.10. The van der Waals surface area contributed by atoms with Gasteiger partial charge < -0.3 is 18.9 Å². The molecule has 0 fully saturated rings. The van der Waals surface area contributed by atoms with Crippen molar-refractivity contribution in [2.75, 3.05) is 34.5 Å². The van der Waals surface area contributed by atoms with E-state index in [1.54, 1.807) is 21.3 Å². The van der Waals surface area contributed by atoms with E-state index in [4.69, 9.17) is 18.9 Å². The first-order chi connectivity index (χ1) is 17.6. The van der Waals surface area contributed by atoms with Crippen LogP contribution in [0.15, 0.2) is 60.7 Å². The van der Waals surface area contributed by atoms with E-state index in [2.05, 4.69) is 67.6 Å². The Labute approximate surface area is 216 Å². The van der Waals surface area contributed by atoms with Gasteiger partial charge in [0.1, 0.15) is 17.2 Å². The van der Waals surface area contributed by atoms with Crippen LogP contribution in [0.1, 0.15) is 53.5 Å². The highest BCUT2D eigenvalue weighted by Gasteiger charge is 2.10. The lowest BCUT2D eigenvalue weighted by Crippen LogP contribution is -1.99.